The number of hydrogen-bond donors (Lipinski definition) is 1. The second-order valence-corrected chi connectivity index (χ2v) is 8.93. The zero-order valence-electron chi connectivity index (χ0n) is 16.8. The molecular formula is C20H25N3O5S. The highest BCUT2D eigenvalue weighted by Crippen LogP contribution is 2.26. The van der Waals surface area contributed by atoms with Gasteiger partial charge in [-0.25, -0.2) is 13.2 Å². The lowest BCUT2D eigenvalue weighted by Gasteiger charge is -2.25. The van der Waals surface area contributed by atoms with Crippen LogP contribution in [0.25, 0.3) is 0 Å². The molecule has 0 bridgehead atoms. The monoisotopic (exact) mass is 419 g/mol. The number of piperidine rings is 1. The fourth-order valence-corrected chi connectivity index (χ4v) is 5.19. The predicted molar refractivity (Wildman–Crippen MR) is 108 cm³/mol. The van der Waals surface area contributed by atoms with Crippen molar-refractivity contribution >= 4 is 27.6 Å². The summed E-state index contributed by atoms with van der Waals surface area (Å²) in [5, 5.41) is 2.73. The van der Waals surface area contributed by atoms with Crippen molar-refractivity contribution in [2.75, 3.05) is 25.5 Å². The summed E-state index contributed by atoms with van der Waals surface area (Å²) in [6, 6.07) is 7.70. The summed E-state index contributed by atoms with van der Waals surface area (Å²) in [5.41, 5.74) is 1.62. The molecule has 1 aromatic heterocycles. The van der Waals surface area contributed by atoms with Crippen molar-refractivity contribution in [1.82, 2.24) is 8.87 Å². The zero-order chi connectivity index (χ0) is 21.2. The number of methoxy groups -OCH3 is 1. The summed E-state index contributed by atoms with van der Waals surface area (Å²) >= 11 is 0. The molecule has 29 heavy (non-hydrogen) atoms. The number of anilines is 1. The van der Waals surface area contributed by atoms with Gasteiger partial charge in [0.1, 0.15) is 10.6 Å². The van der Waals surface area contributed by atoms with Gasteiger partial charge in [-0.05, 0) is 50.1 Å². The highest BCUT2D eigenvalue weighted by Gasteiger charge is 2.30. The number of amides is 1. The van der Waals surface area contributed by atoms with E-state index in [1.165, 1.54) is 17.5 Å². The van der Waals surface area contributed by atoms with Crippen LogP contribution in [-0.2, 0) is 21.8 Å². The van der Waals surface area contributed by atoms with Gasteiger partial charge in [-0.1, -0.05) is 6.42 Å². The van der Waals surface area contributed by atoms with Gasteiger partial charge >= 0.3 is 5.97 Å². The van der Waals surface area contributed by atoms with E-state index >= 15 is 0 Å². The van der Waals surface area contributed by atoms with E-state index in [9.17, 15) is 18.0 Å². The third-order valence-electron chi connectivity index (χ3n) is 5.22. The Morgan fingerprint density at radius 2 is 1.69 bits per heavy atom. The van der Waals surface area contributed by atoms with Crippen molar-refractivity contribution in [3.63, 3.8) is 0 Å². The molecule has 8 nitrogen and oxygen atoms in total. The third-order valence-corrected chi connectivity index (χ3v) is 7.23. The van der Waals surface area contributed by atoms with Crippen LogP contribution in [0.4, 0.5) is 5.69 Å². The quantitative estimate of drug-likeness (QED) is 0.751. The maximum Gasteiger partial charge on any atom is 0.337 e. The molecule has 156 valence electrons. The van der Waals surface area contributed by atoms with Gasteiger partial charge in [0.25, 0.3) is 5.91 Å². The van der Waals surface area contributed by atoms with Crippen LogP contribution in [0.1, 0.15) is 45.8 Å². The number of sulfonamides is 1. The molecule has 0 unspecified atom stereocenters. The SMILES string of the molecule is COC(=O)c1ccc(NC(=O)c2cc(S(=O)(=O)N3CCCCC3)c(C)n2C)cc1. The molecule has 0 saturated carbocycles. The summed E-state index contributed by atoms with van der Waals surface area (Å²) in [4.78, 5) is 24.4. The zero-order valence-corrected chi connectivity index (χ0v) is 17.6. The van der Waals surface area contributed by atoms with Gasteiger partial charge < -0.3 is 14.6 Å². The smallest absolute Gasteiger partial charge is 0.337 e. The van der Waals surface area contributed by atoms with E-state index in [-0.39, 0.29) is 10.6 Å². The molecule has 9 heteroatoms. The Labute approximate surface area is 170 Å². The van der Waals surface area contributed by atoms with E-state index in [0.717, 1.165) is 19.3 Å². The summed E-state index contributed by atoms with van der Waals surface area (Å²) in [7, 11) is -0.674. The van der Waals surface area contributed by atoms with Crippen LogP contribution in [0.3, 0.4) is 0 Å². The molecule has 2 aromatic rings. The molecule has 1 saturated heterocycles. The average molecular weight is 420 g/mol. The molecule has 1 fully saturated rings. The minimum atomic E-state index is -3.64. The molecule has 2 heterocycles. The lowest BCUT2D eigenvalue weighted by Crippen LogP contribution is -2.35. The highest BCUT2D eigenvalue weighted by atomic mass is 32.2. The Balaban J connectivity index is 1.83. The predicted octanol–water partition coefficient (Wildman–Crippen LogP) is 2.55. The first-order chi connectivity index (χ1) is 13.8. The van der Waals surface area contributed by atoms with Gasteiger partial charge in [-0.3, -0.25) is 4.79 Å². The van der Waals surface area contributed by atoms with Crippen molar-refractivity contribution in [2.24, 2.45) is 7.05 Å². The van der Waals surface area contributed by atoms with Gasteiger partial charge in [0.15, 0.2) is 0 Å². The second kappa shape index (κ2) is 8.38. The number of carbonyl (C=O) groups is 2. The number of hydrogen-bond acceptors (Lipinski definition) is 5. The Hall–Kier alpha value is -2.65. The van der Waals surface area contributed by atoms with Gasteiger partial charge in [0.2, 0.25) is 10.0 Å². The van der Waals surface area contributed by atoms with E-state index in [4.69, 9.17) is 0 Å². The lowest BCUT2D eigenvalue weighted by molar-refractivity contribution is 0.0600. The van der Waals surface area contributed by atoms with E-state index in [2.05, 4.69) is 10.1 Å². The number of aromatic nitrogens is 1. The molecule has 3 rings (SSSR count). The Bertz CT molecular complexity index is 1020. The van der Waals surface area contributed by atoms with Crippen molar-refractivity contribution in [3.8, 4) is 0 Å². The van der Waals surface area contributed by atoms with Gasteiger partial charge in [-0.15, -0.1) is 0 Å². The van der Waals surface area contributed by atoms with E-state index < -0.39 is 21.9 Å². The van der Waals surface area contributed by atoms with Crippen LogP contribution in [0, 0.1) is 6.92 Å². The van der Waals surface area contributed by atoms with Gasteiger partial charge in [0.05, 0.1) is 12.7 Å². The first-order valence-electron chi connectivity index (χ1n) is 9.42. The van der Waals surface area contributed by atoms with E-state index in [1.807, 2.05) is 0 Å². The van der Waals surface area contributed by atoms with E-state index in [0.29, 0.717) is 30.0 Å². The van der Waals surface area contributed by atoms with Crippen molar-refractivity contribution in [3.05, 3.63) is 47.3 Å². The van der Waals surface area contributed by atoms with Crippen molar-refractivity contribution in [1.29, 1.82) is 0 Å². The number of nitrogens with zero attached hydrogens (tertiary/aromatic N) is 2. The van der Waals surface area contributed by atoms with Crippen LogP contribution in [-0.4, -0.2) is 49.4 Å². The molecule has 1 N–H and O–H groups in total. The fraction of sp³-hybridized carbons (Fsp3) is 0.400. The van der Waals surface area contributed by atoms with E-state index in [1.54, 1.807) is 42.8 Å². The molecule has 1 aliphatic rings. The van der Waals surface area contributed by atoms with Crippen LogP contribution in [0.5, 0.6) is 0 Å². The summed E-state index contributed by atoms with van der Waals surface area (Å²) in [6.45, 7) is 2.70. The number of rotatable bonds is 5. The van der Waals surface area contributed by atoms with Crippen LogP contribution >= 0.6 is 0 Å². The van der Waals surface area contributed by atoms with Crippen LogP contribution in [0.2, 0.25) is 0 Å². The Kier molecular flexibility index (Phi) is 6.09. The number of ether oxygens (including phenoxy) is 1. The van der Waals surface area contributed by atoms with Crippen LogP contribution in [0.15, 0.2) is 35.2 Å². The molecule has 0 spiro atoms. The van der Waals surface area contributed by atoms with Crippen molar-refractivity contribution in [2.45, 2.75) is 31.1 Å². The minimum absolute atomic E-state index is 0.160. The molecule has 0 aliphatic carbocycles. The average Bonchev–Trinajstić information content (AvgIpc) is 3.04. The topological polar surface area (TPSA) is 97.7 Å². The Morgan fingerprint density at radius 3 is 2.28 bits per heavy atom. The Morgan fingerprint density at radius 1 is 1.07 bits per heavy atom. The first kappa shape index (κ1) is 21.1. The van der Waals surface area contributed by atoms with Gasteiger partial charge in [0, 0.05) is 31.5 Å². The summed E-state index contributed by atoms with van der Waals surface area (Å²) in [5.74, 6) is -0.894. The maximum absolute atomic E-state index is 13.0. The minimum Gasteiger partial charge on any atom is -0.465 e. The van der Waals surface area contributed by atoms with Gasteiger partial charge in [-0.2, -0.15) is 4.31 Å². The summed E-state index contributed by atoms with van der Waals surface area (Å²) in [6.07, 6.45) is 2.72. The molecule has 0 atom stereocenters. The first-order valence-corrected chi connectivity index (χ1v) is 10.9. The number of benzene rings is 1. The normalized spacial score (nSPS) is 15.1. The largest absolute Gasteiger partial charge is 0.465 e. The van der Waals surface area contributed by atoms with Crippen LogP contribution < -0.4 is 5.32 Å². The number of esters is 1. The highest BCUT2D eigenvalue weighted by molar-refractivity contribution is 7.89. The standard InChI is InChI=1S/C20H25N3O5S/c1-14-18(29(26,27)23-11-5-4-6-12-23)13-17(22(14)2)19(24)21-16-9-7-15(8-10-16)20(25)28-3/h7-10,13H,4-6,11-12H2,1-3H3,(H,21,24). The van der Waals surface area contributed by atoms with Crippen molar-refractivity contribution < 1.29 is 22.7 Å². The second-order valence-electron chi connectivity index (χ2n) is 7.03. The molecule has 1 aromatic carbocycles. The molecule has 0 radical (unpaired) electrons. The third kappa shape index (κ3) is 4.20. The summed E-state index contributed by atoms with van der Waals surface area (Å²) < 4.78 is 33.8. The number of carbonyl (C=O) groups excluding carboxylic acids is 2. The maximum atomic E-state index is 13.0. The molecular weight excluding hydrogens is 394 g/mol. The fourth-order valence-electron chi connectivity index (χ4n) is 3.40. The number of nitrogens with one attached hydrogen (secondary N) is 1. The molecule has 1 aliphatic heterocycles. The lowest BCUT2D eigenvalue weighted by atomic mass is 10.2. The molecule has 1 amide bonds.